The molecule has 140 valence electrons. The number of carbonyl (C=O) groups excluding carboxylic acids is 1. The van der Waals surface area contributed by atoms with Gasteiger partial charge in [-0.15, -0.1) is 0 Å². The lowest BCUT2D eigenvalue weighted by Crippen LogP contribution is -2.36. The van der Waals surface area contributed by atoms with Crippen LogP contribution in [0.3, 0.4) is 0 Å². The van der Waals surface area contributed by atoms with Gasteiger partial charge in [-0.25, -0.2) is 0 Å². The number of nitrogens with zero attached hydrogens (tertiary/aromatic N) is 4. The largest absolute Gasteiger partial charge is 0.441 e. The summed E-state index contributed by atoms with van der Waals surface area (Å²) in [6, 6.07) is 16.4. The summed E-state index contributed by atoms with van der Waals surface area (Å²) in [6.07, 6.45) is 5.26. The minimum atomic E-state index is -0.643. The van der Waals surface area contributed by atoms with E-state index in [-0.39, 0.29) is 11.8 Å². The first kappa shape index (κ1) is 17.8. The number of nitro groups is 1. The number of para-hydroxylation sites is 1. The molecule has 0 N–H and O–H groups in total. The Labute approximate surface area is 161 Å². The first-order chi connectivity index (χ1) is 13.6. The highest BCUT2D eigenvalue weighted by atomic mass is 16.6. The smallest absolute Gasteiger partial charge is 0.390 e. The molecular formula is C21H19N4O3+. The zero-order valence-electron chi connectivity index (χ0n) is 15.4. The van der Waals surface area contributed by atoms with Gasteiger partial charge in [-0.05, 0) is 17.1 Å². The number of rotatable bonds is 5. The van der Waals surface area contributed by atoms with Crippen LogP contribution < -0.4 is 4.57 Å². The summed E-state index contributed by atoms with van der Waals surface area (Å²) in [7, 11) is 0. The number of imidazole rings is 1. The fourth-order valence-corrected chi connectivity index (χ4v) is 3.53. The summed E-state index contributed by atoms with van der Waals surface area (Å²) >= 11 is 0. The standard InChI is InChI=1S/C21H19N4O3/c1-15(20(26)24-13-11-22-21(24)25(27)28)10-12-23-14-16-6-2-3-7-17(16)18-8-4-5-9-19(18)23/h2-9,11,13-15H,10,12H2,1H3/q+1. The molecule has 0 radical (unpaired) electrons. The van der Waals surface area contributed by atoms with E-state index in [1.807, 2.05) is 24.3 Å². The van der Waals surface area contributed by atoms with Crippen LogP contribution in [-0.4, -0.2) is 20.4 Å². The second-order valence-electron chi connectivity index (χ2n) is 6.81. The van der Waals surface area contributed by atoms with Crippen LogP contribution in [0.4, 0.5) is 5.95 Å². The molecule has 2 aromatic heterocycles. The minimum absolute atomic E-state index is 0.324. The molecule has 0 aliphatic heterocycles. The Balaban J connectivity index is 1.62. The third kappa shape index (κ3) is 3.11. The number of aromatic nitrogens is 3. The van der Waals surface area contributed by atoms with Crippen LogP contribution in [0.5, 0.6) is 0 Å². The first-order valence-electron chi connectivity index (χ1n) is 9.08. The zero-order chi connectivity index (χ0) is 19.7. The molecular weight excluding hydrogens is 356 g/mol. The number of hydrogen-bond donors (Lipinski definition) is 0. The van der Waals surface area contributed by atoms with Crippen molar-refractivity contribution in [3.05, 3.63) is 77.2 Å². The van der Waals surface area contributed by atoms with Crippen LogP contribution in [-0.2, 0) is 6.54 Å². The molecule has 4 aromatic rings. The van der Waals surface area contributed by atoms with Gasteiger partial charge in [0.2, 0.25) is 5.52 Å². The Hall–Kier alpha value is -3.61. The van der Waals surface area contributed by atoms with E-state index in [0.717, 1.165) is 20.9 Å². The molecule has 28 heavy (non-hydrogen) atoms. The van der Waals surface area contributed by atoms with Gasteiger partial charge in [0.1, 0.15) is 18.9 Å². The molecule has 0 saturated carbocycles. The fourth-order valence-electron chi connectivity index (χ4n) is 3.53. The highest BCUT2D eigenvalue weighted by molar-refractivity contribution is 6.03. The molecule has 7 nitrogen and oxygen atoms in total. The summed E-state index contributed by atoms with van der Waals surface area (Å²) in [6.45, 7) is 2.41. The summed E-state index contributed by atoms with van der Waals surface area (Å²) in [5.74, 6) is -1.15. The number of pyridine rings is 1. The molecule has 0 aliphatic rings. The maximum Gasteiger partial charge on any atom is 0.441 e. The lowest BCUT2D eigenvalue weighted by Gasteiger charge is -2.09. The van der Waals surface area contributed by atoms with Crippen molar-refractivity contribution < 1.29 is 14.3 Å². The van der Waals surface area contributed by atoms with Gasteiger partial charge >= 0.3 is 5.95 Å². The molecule has 0 amide bonds. The van der Waals surface area contributed by atoms with Gasteiger partial charge in [0.05, 0.1) is 11.3 Å². The Morgan fingerprint density at radius 2 is 1.89 bits per heavy atom. The lowest BCUT2D eigenvalue weighted by molar-refractivity contribution is -0.671. The van der Waals surface area contributed by atoms with E-state index in [2.05, 4.69) is 40.0 Å². The molecule has 0 saturated heterocycles. The van der Waals surface area contributed by atoms with E-state index in [0.29, 0.717) is 13.0 Å². The van der Waals surface area contributed by atoms with Crippen molar-refractivity contribution in [1.29, 1.82) is 0 Å². The molecule has 0 spiro atoms. The summed E-state index contributed by atoms with van der Waals surface area (Å²) in [4.78, 5) is 26.7. The van der Waals surface area contributed by atoms with Crippen molar-refractivity contribution in [2.75, 3.05) is 0 Å². The van der Waals surface area contributed by atoms with Crippen LogP contribution in [0, 0.1) is 16.0 Å². The number of benzene rings is 2. The van der Waals surface area contributed by atoms with Gasteiger partial charge < -0.3 is 10.1 Å². The van der Waals surface area contributed by atoms with E-state index < -0.39 is 10.9 Å². The van der Waals surface area contributed by atoms with Crippen molar-refractivity contribution >= 4 is 33.5 Å². The monoisotopic (exact) mass is 375 g/mol. The molecule has 0 bridgehead atoms. The molecule has 2 aromatic carbocycles. The predicted octanol–water partition coefficient (Wildman–Crippen LogP) is 3.75. The minimum Gasteiger partial charge on any atom is -0.390 e. The average Bonchev–Trinajstić information content (AvgIpc) is 3.21. The van der Waals surface area contributed by atoms with Crippen LogP contribution in [0.1, 0.15) is 18.1 Å². The average molecular weight is 375 g/mol. The summed E-state index contributed by atoms with van der Waals surface area (Å²) in [5.41, 5.74) is 1.09. The molecule has 0 aliphatic carbocycles. The number of hydrogen-bond acceptors (Lipinski definition) is 4. The summed E-state index contributed by atoms with van der Waals surface area (Å²) < 4.78 is 3.16. The molecule has 4 rings (SSSR count). The number of carbonyl (C=O) groups is 1. The molecule has 2 heterocycles. The Morgan fingerprint density at radius 1 is 1.18 bits per heavy atom. The third-order valence-corrected chi connectivity index (χ3v) is 5.01. The van der Waals surface area contributed by atoms with Crippen molar-refractivity contribution in [3.63, 3.8) is 0 Å². The molecule has 7 heteroatoms. The Morgan fingerprint density at radius 3 is 2.68 bits per heavy atom. The van der Waals surface area contributed by atoms with E-state index >= 15 is 0 Å². The van der Waals surface area contributed by atoms with Gasteiger partial charge in [0.15, 0.2) is 6.20 Å². The predicted molar refractivity (Wildman–Crippen MR) is 105 cm³/mol. The van der Waals surface area contributed by atoms with Gasteiger partial charge in [0.25, 0.3) is 5.91 Å². The highest BCUT2D eigenvalue weighted by Gasteiger charge is 2.26. The first-order valence-corrected chi connectivity index (χ1v) is 9.08. The van der Waals surface area contributed by atoms with E-state index in [1.54, 1.807) is 6.92 Å². The van der Waals surface area contributed by atoms with Gasteiger partial charge in [-0.2, -0.15) is 9.13 Å². The Bertz CT molecular complexity index is 1200. The van der Waals surface area contributed by atoms with Crippen LogP contribution in [0.2, 0.25) is 0 Å². The summed E-state index contributed by atoms with van der Waals surface area (Å²) in [5, 5.41) is 14.5. The van der Waals surface area contributed by atoms with Crippen LogP contribution in [0.25, 0.3) is 21.7 Å². The second kappa shape index (κ2) is 7.19. The zero-order valence-corrected chi connectivity index (χ0v) is 15.4. The third-order valence-electron chi connectivity index (χ3n) is 5.01. The Kier molecular flexibility index (Phi) is 4.57. The number of aryl methyl sites for hydroxylation is 1. The van der Waals surface area contributed by atoms with Crippen LogP contribution >= 0.6 is 0 Å². The topological polar surface area (TPSA) is 81.9 Å². The normalized spacial score (nSPS) is 12.3. The van der Waals surface area contributed by atoms with Crippen molar-refractivity contribution in [1.82, 2.24) is 9.55 Å². The van der Waals surface area contributed by atoms with E-state index in [1.165, 1.54) is 17.8 Å². The van der Waals surface area contributed by atoms with Gasteiger partial charge in [0, 0.05) is 23.3 Å². The van der Waals surface area contributed by atoms with E-state index in [4.69, 9.17) is 0 Å². The number of fused-ring (bicyclic) bond motifs is 3. The molecule has 1 unspecified atom stereocenters. The lowest BCUT2D eigenvalue weighted by atomic mass is 10.0. The fraction of sp³-hybridized carbons (Fsp3) is 0.190. The van der Waals surface area contributed by atoms with Crippen molar-refractivity contribution in [3.8, 4) is 0 Å². The quantitative estimate of drug-likeness (QED) is 0.230. The SMILES string of the molecule is CC(CC[n+]1cc2ccccc2c2ccccc21)C(=O)n1ccnc1[N+](=O)[O-]. The molecule has 0 fully saturated rings. The van der Waals surface area contributed by atoms with E-state index in [9.17, 15) is 14.9 Å². The second-order valence-corrected chi connectivity index (χ2v) is 6.81. The molecule has 1 atom stereocenters. The maximum atomic E-state index is 12.6. The van der Waals surface area contributed by atoms with Crippen molar-refractivity contribution in [2.24, 2.45) is 5.92 Å². The van der Waals surface area contributed by atoms with Crippen LogP contribution in [0.15, 0.2) is 67.1 Å². The highest BCUT2D eigenvalue weighted by Crippen LogP contribution is 2.22. The van der Waals surface area contributed by atoms with Crippen molar-refractivity contribution in [2.45, 2.75) is 19.9 Å². The van der Waals surface area contributed by atoms with Gasteiger partial charge in [-0.3, -0.25) is 4.79 Å². The maximum absolute atomic E-state index is 12.6. The van der Waals surface area contributed by atoms with Gasteiger partial charge in [-0.1, -0.05) is 42.2 Å².